The van der Waals surface area contributed by atoms with Crippen molar-refractivity contribution in [3.05, 3.63) is 23.8 Å². The molecular formula is C9H11N3O. The van der Waals surface area contributed by atoms with E-state index in [4.69, 9.17) is 4.84 Å². The highest BCUT2D eigenvalue weighted by Crippen LogP contribution is 2.18. The van der Waals surface area contributed by atoms with Crippen LogP contribution in [0.2, 0.25) is 0 Å². The maximum absolute atomic E-state index is 4.77. The summed E-state index contributed by atoms with van der Waals surface area (Å²) in [6, 6.07) is 0. The normalized spacial score (nSPS) is 18.4. The molecule has 0 aliphatic heterocycles. The lowest BCUT2D eigenvalue weighted by molar-refractivity contribution is 0.212. The number of rotatable bonds is 1. The topological polar surface area (TPSA) is 47.4 Å². The number of fused-ring (bicyclic) bond motifs is 1. The van der Waals surface area contributed by atoms with Gasteiger partial charge in [0.15, 0.2) is 0 Å². The smallest absolute Gasteiger partial charge is 0.115 e. The number of hydrogen-bond acceptors (Lipinski definition) is 4. The minimum Gasteiger partial charge on any atom is -0.399 e. The van der Waals surface area contributed by atoms with Crippen LogP contribution in [0.1, 0.15) is 24.1 Å². The molecule has 2 rings (SSSR count). The van der Waals surface area contributed by atoms with Crippen LogP contribution in [0.3, 0.4) is 0 Å². The maximum Gasteiger partial charge on any atom is 0.115 e. The molecule has 0 spiro atoms. The second kappa shape index (κ2) is 3.51. The predicted octanol–water partition coefficient (Wildman–Crippen LogP) is 1.16. The van der Waals surface area contributed by atoms with Crippen molar-refractivity contribution in [1.29, 1.82) is 0 Å². The second-order valence-corrected chi connectivity index (χ2v) is 2.96. The Hall–Kier alpha value is -1.45. The Labute approximate surface area is 76.7 Å². The van der Waals surface area contributed by atoms with Gasteiger partial charge in [-0.15, -0.1) is 0 Å². The highest BCUT2D eigenvalue weighted by molar-refractivity contribution is 6.01. The van der Waals surface area contributed by atoms with Gasteiger partial charge in [0.25, 0.3) is 0 Å². The predicted molar refractivity (Wildman–Crippen MR) is 48.5 cm³/mol. The molecular weight excluding hydrogens is 166 g/mol. The lowest BCUT2D eigenvalue weighted by atomic mass is 9.96. The van der Waals surface area contributed by atoms with Crippen molar-refractivity contribution < 1.29 is 4.84 Å². The Kier molecular flexibility index (Phi) is 2.21. The highest BCUT2D eigenvalue weighted by atomic mass is 16.6. The molecule has 0 bridgehead atoms. The molecule has 1 aliphatic carbocycles. The van der Waals surface area contributed by atoms with E-state index in [9.17, 15) is 0 Å². The van der Waals surface area contributed by atoms with Crippen molar-refractivity contribution in [2.24, 2.45) is 5.16 Å². The van der Waals surface area contributed by atoms with E-state index < -0.39 is 0 Å². The summed E-state index contributed by atoms with van der Waals surface area (Å²) < 4.78 is 0. The van der Waals surface area contributed by atoms with Gasteiger partial charge in [-0.05, 0) is 19.3 Å². The van der Waals surface area contributed by atoms with Gasteiger partial charge in [-0.2, -0.15) is 0 Å². The standard InChI is InChI=1S/C9H11N3O/c1-13-12-9-4-2-3-8-7(9)5-10-6-11-8/h5-6H,2-4H2,1H3. The average Bonchev–Trinajstić information content (AvgIpc) is 2.19. The van der Waals surface area contributed by atoms with Gasteiger partial charge in [0.2, 0.25) is 0 Å². The summed E-state index contributed by atoms with van der Waals surface area (Å²) >= 11 is 0. The summed E-state index contributed by atoms with van der Waals surface area (Å²) in [6.45, 7) is 0. The number of oxime groups is 1. The van der Waals surface area contributed by atoms with Crippen LogP contribution in [-0.4, -0.2) is 22.8 Å². The van der Waals surface area contributed by atoms with E-state index in [1.165, 1.54) is 0 Å². The monoisotopic (exact) mass is 177 g/mol. The molecule has 0 unspecified atom stereocenters. The molecule has 1 aromatic heterocycles. The van der Waals surface area contributed by atoms with Crippen molar-refractivity contribution in [2.45, 2.75) is 19.3 Å². The van der Waals surface area contributed by atoms with Gasteiger partial charge in [-0.1, -0.05) is 5.16 Å². The van der Waals surface area contributed by atoms with Crippen LogP contribution < -0.4 is 0 Å². The summed E-state index contributed by atoms with van der Waals surface area (Å²) in [7, 11) is 1.56. The second-order valence-electron chi connectivity index (χ2n) is 2.96. The van der Waals surface area contributed by atoms with Crippen LogP contribution in [0.5, 0.6) is 0 Å². The van der Waals surface area contributed by atoms with Crippen molar-refractivity contribution in [2.75, 3.05) is 7.11 Å². The first-order valence-electron chi connectivity index (χ1n) is 4.31. The molecule has 0 fully saturated rings. The first-order valence-corrected chi connectivity index (χ1v) is 4.31. The van der Waals surface area contributed by atoms with Crippen LogP contribution in [-0.2, 0) is 11.3 Å². The third kappa shape index (κ3) is 1.52. The lowest BCUT2D eigenvalue weighted by Gasteiger charge is -2.14. The van der Waals surface area contributed by atoms with Crippen LogP contribution in [0.4, 0.5) is 0 Å². The van der Waals surface area contributed by atoms with E-state index in [2.05, 4.69) is 15.1 Å². The quantitative estimate of drug-likeness (QED) is 0.605. The molecule has 1 aliphatic rings. The summed E-state index contributed by atoms with van der Waals surface area (Å²) in [6.07, 6.45) is 6.44. The number of hydrogen-bond donors (Lipinski definition) is 0. The SMILES string of the molecule is CON=C1CCCc2ncncc21. The summed E-state index contributed by atoms with van der Waals surface area (Å²) in [5.74, 6) is 0. The average molecular weight is 177 g/mol. The van der Waals surface area contributed by atoms with Crippen molar-refractivity contribution in [1.82, 2.24) is 9.97 Å². The van der Waals surface area contributed by atoms with Gasteiger partial charge in [0.1, 0.15) is 13.4 Å². The van der Waals surface area contributed by atoms with Gasteiger partial charge in [0.05, 0.1) is 11.4 Å². The van der Waals surface area contributed by atoms with Crippen LogP contribution in [0.25, 0.3) is 0 Å². The number of nitrogens with zero attached hydrogens (tertiary/aromatic N) is 3. The third-order valence-electron chi connectivity index (χ3n) is 2.13. The summed E-state index contributed by atoms with van der Waals surface area (Å²) in [4.78, 5) is 13.0. The maximum atomic E-state index is 4.77. The number of aromatic nitrogens is 2. The molecule has 4 heteroatoms. The molecule has 13 heavy (non-hydrogen) atoms. The van der Waals surface area contributed by atoms with Gasteiger partial charge in [-0.25, -0.2) is 9.97 Å². The minimum absolute atomic E-state index is 0.953. The van der Waals surface area contributed by atoms with Crippen molar-refractivity contribution in [3.63, 3.8) is 0 Å². The molecule has 68 valence electrons. The zero-order valence-corrected chi connectivity index (χ0v) is 7.53. The van der Waals surface area contributed by atoms with Crippen LogP contribution in [0.15, 0.2) is 17.7 Å². The van der Waals surface area contributed by atoms with E-state index >= 15 is 0 Å². The zero-order valence-electron chi connectivity index (χ0n) is 7.53. The minimum atomic E-state index is 0.953. The summed E-state index contributed by atoms with van der Waals surface area (Å²) in [5, 5.41) is 3.96. The third-order valence-corrected chi connectivity index (χ3v) is 2.13. The summed E-state index contributed by atoms with van der Waals surface area (Å²) in [5.41, 5.74) is 3.08. The van der Waals surface area contributed by atoms with Crippen LogP contribution >= 0.6 is 0 Å². The first-order chi connectivity index (χ1) is 6.42. The highest BCUT2D eigenvalue weighted by Gasteiger charge is 2.16. The van der Waals surface area contributed by atoms with Gasteiger partial charge in [-0.3, -0.25) is 0 Å². The molecule has 0 atom stereocenters. The van der Waals surface area contributed by atoms with E-state index in [0.29, 0.717) is 0 Å². The lowest BCUT2D eigenvalue weighted by Crippen LogP contribution is -2.14. The Morgan fingerprint density at radius 1 is 1.46 bits per heavy atom. The zero-order chi connectivity index (χ0) is 9.10. The van der Waals surface area contributed by atoms with E-state index in [0.717, 1.165) is 36.2 Å². The number of aryl methyl sites for hydroxylation is 1. The fourth-order valence-corrected chi connectivity index (χ4v) is 1.56. The Bertz CT molecular complexity index is 335. The molecule has 0 saturated heterocycles. The van der Waals surface area contributed by atoms with Gasteiger partial charge >= 0.3 is 0 Å². The Balaban J connectivity index is 2.42. The first kappa shape index (κ1) is 8.16. The van der Waals surface area contributed by atoms with E-state index in [1.807, 2.05) is 0 Å². The van der Waals surface area contributed by atoms with E-state index in [1.54, 1.807) is 19.6 Å². The molecule has 1 heterocycles. The fraction of sp³-hybridized carbons (Fsp3) is 0.444. The van der Waals surface area contributed by atoms with E-state index in [-0.39, 0.29) is 0 Å². The van der Waals surface area contributed by atoms with Crippen molar-refractivity contribution in [3.8, 4) is 0 Å². The van der Waals surface area contributed by atoms with Crippen LogP contribution in [0, 0.1) is 0 Å². The molecule has 0 saturated carbocycles. The van der Waals surface area contributed by atoms with Gasteiger partial charge in [0, 0.05) is 11.8 Å². The molecule has 0 amide bonds. The molecule has 4 nitrogen and oxygen atoms in total. The fourth-order valence-electron chi connectivity index (χ4n) is 1.56. The molecule has 0 aromatic carbocycles. The Morgan fingerprint density at radius 3 is 3.23 bits per heavy atom. The van der Waals surface area contributed by atoms with Gasteiger partial charge < -0.3 is 4.84 Å². The Morgan fingerprint density at radius 2 is 2.38 bits per heavy atom. The van der Waals surface area contributed by atoms with Crippen molar-refractivity contribution >= 4 is 5.71 Å². The molecule has 0 N–H and O–H groups in total. The largest absolute Gasteiger partial charge is 0.399 e. The molecule has 0 radical (unpaired) electrons. The molecule has 1 aromatic rings.